The number of carbonyl (C=O) groups excluding carboxylic acids is 2. The largest absolute Gasteiger partial charge is 0.497 e. The summed E-state index contributed by atoms with van der Waals surface area (Å²) in [6, 6.07) is 26.3. The minimum absolute atomic E-state index is 0.122. The summed E-state index contributed by atoms with van der Waals surface area (Å²) in [4.78, 5) is 27.8. The number of ether oxygens (including phenoxy) is 1. The average Bonchev–Trinajstić information content (AvgIpc) is 3.41. The van der Waals surface area contributed by atoms with E-state index in [9.17, 15) is 9.59 Å². The van der Waals surface area contributed by atoms with Crippen molar-refractivity contribution in [3.8, 4) is 5.75 Å². The molecule has 0 spiro atoms. The predicted octanol–water partition coefficient (Wildman–Crippen LogP) is 5.30. The van der Waals surface area contributed by atoms with Gasteiger partial charge in [0.05, 0.1) is 32.9 Å². The molecular weight excluding hydrogens is 440 g/mol. The van der Waals surface area contributed by atoms with Gasteiger partial charge in [0, 0.05) is 11.3 Å². The van der Waals surface area contributed by atoms with Gasteiger partial charge in [-0.25, -0.2) is 0 Å². The van der Waals surface area contributed by atoms with E-state index in [4.69, 9.17) is 9.15 Å². The molecule has 2 amide bonds. The number of methoxy groups -OCH3 is 1. The molecule has 3 aromatic carbocycles. The summed E-state index contributed by atoms with van der Waals surface area (Å²) in [5, 5.41) is 2.86. The Morgan fingerprint density at radius 1 is 0.914 bits per heavy atom. The van der Waals surface area contributed by atoms with Crippen molar-refractivity contribution in [2.24, 2.45) is 0 Å². The molecule has 0 atom stereocenters. The van der Waals surface area contributed by atoms with Crippen molar-refractivity contribution < 1.29 is 18.7 Å². The van der Waals surface area contributed by atoms with E-state index in [2.05, 4.69) is 5.32 Å². The van der Waals surface area contributed by atoms with Gasteiger partial charge in [-0.2, -0.15) is 0 Å². The lowest BCUT2D eigenvalue weighted by molar-refractivity contribution is -0.120. The highest BCUT2D eigenvalue weighted by atomic mass is 16.5. The molecule has 4 rings (SSSR count). The van der Waals surface area contributed by atoms with Crippen molar-refractivity contribution in [1.82, 2.24) is 5.32 Å². The topological polar surface area (TPSA) is 71.8 Å². The fourth-order valence-electron chi connectivity index (χ4n) is 3.75. The molecule has 0 aliphatic carbocycles. The van der Waals surface area contributed by atoms with Crippen LogP contribution in [0, 0.1) is 6.92 Å². The predicted molar refractivity (Wildman–Crippen MR) is 135 cm³/mol. The Balaban J connectivity index is 1.57. The van der Waals surface area contributed by atoms with Gasteiger partial charge in [0.1, 0.15) is 11.5 Å². The molecule has 1 aromatic heterocycles. The van der Waals surface area contributed by atoms with Crippen molar-refractivity contribution in [2.75, 3.05) is 12.0 Å². The van der Waals surface area contributed by atoms with E-state index < -0.39 is 0 Å². The van der Waals surface area contributed by atoms with Gasteiger partial charge in [0.25, 0.3) is 5.91 Å². The second-order valence-corrected chi connectivity index (χ2v) is 8.31. The Morgan fingerprint density at radius 2 is 1.71 bits per heavy atom. The Morgan fingerprint density at radius 3 is 2.46 bits per heavy atom. The Kier molecular flexibility index (Phi) is 7.63. The highest BCUT2D eigenvalue weighted by molar-refractivity contribution is 6.06. The first-order valence-corrected chi connectivity index (χ1v) is 11.4. The van der Waals surface area contributed by atoms with Crippen LogP contribution in [0.25, 0.3) is 0 Å². The molecule has 6 heteroatoms. The maximum atomic E-state index is 13.6. The molecule has 0 aliphatic rings. The lowest BCUT2D eigenvalue weighted by Gasteiger charge is -2.24. The number of amides is 2. The highest BCUT2D eigenvalue weighted by Crippen LogP contribution is 2.24. The van der Waals surface area contributed by atoms with Crippen molar-refractivity contribution in [2.45, 2.75) is 26.4 Å². The summed E-state index contributed by atoms with van der Waals surface area (Å²) in [6.07, 6.45) is 1.77. The number of nitrogens with one attached hydrogen (secondary N) is 1. The van der Waals surface area contributed by atoms with Crippen molar-refractivity contribution in [3.63, 3.8) is 0 Å². The number of rotatable bonds is 9. The minimum Gasteiger partial charge on any atom is -0.497 e. The van der Waals surface area contributed by atoms with Crippen LogP contribution in [-0.2, 0) is 24.3 Å². The zero-order valence-electron chi connectivity index (χ0n) is 19.9. The SMILES string of the molecule is COc1cccc(C(=O)N(Cc2ccc(C)cc2)c2cccc(CC(=O)NCc3ccco3)c2)c1. The molecule has 0 bridgehead atoms. The first-order valence-electron chi connectivity index (χ1n) is 11.4. The first-order chi connectivity index (χ1) is 17.0. The molecule has 0 unspecified atom stereocenters. The van der Waals surface area contributed by atoms with Crippen LogP contribution in [0.5, 0.6) is 5.75 Å². The van der Waals surface area contributed by atoms with Gasteiger partial charge in [-0.1, -0.05) is 48.0 Å². The lowest BCUT2D eigenvalue weighted by atomic mass is 10.1. The monoisotopic (exact) mass is 468 g/mol. The second-order valence-electron chi connectivity index (χ2n) is 8.31. The van der Waals surface area contributed by atoms with E-state index in [0.29, 0.717) is 30.2 Å². The second kappa shape index (κ2) is 11.2. The van der Waals surface area contributed by atoms with Gasteiger partial charge in [-0.15, -0.1) is 0 Å². The lowest BCUT2D eigenvalue weighted by Crippen LogP contribution is -2.30. The number of aryl methyl sites for hydroxylation is 1. The van der Waals surface area contributed by atoms with Crippen molar-refractivity contribution in [1.29, 1.82) is 0 Å². The minimum atomic E-state index is -0.149. The first kappa shape index (κ1) is 23.8. The van der Waals surface area contributed by atoms with Crippen LogP contribution in [-0.4, -0.2) is 18.9 Å². The molecule has 0 radical (unpaired) electrons. The molecule has 0 saturated carbocycles. The summed E-state index contributed by atoms with van der Waals surface area (Å²) < 4.78 is 10.6. The van der Waals surface area contributed by atoms with Gasteiger partial charge in [0.15, 0.2) is 0 Å². The van der Waals surface area contributed by atoms with Crippen LogP contribution in [0.1, 0.15) is 32.8 Å². The summed E-state index contributed by atoms with van der Waals surface area (Å²) in [5.74, 6) is 1.04. The summed E-state index contributed by atoms with van der Waals surface area (Å²) in [7, 11) is 1.58. The average molecular weight is 469 g/mol. The highest BCUT2D eigenvalue weighted by Gasteiger charge is 2.20. The molecule has 35 heavy (non-hydrogen) atoms. The Bertz CT molecular complexity index is 1280. The maximum absolute atomic E-state index is 13.6. The van der Waals surface area contributed by atoms with Crippen LogP contribution in [0.4, 0.5) is 5.69 Å². The van der Waals surface area contributed by atoms with Gasteiger partial charge in [-0.05, 0) is 60.5 Å². The number of anilines is 1. The number of nitrogens with zero attached hydrogens (tertiary/aromatic N) is 1. The number of hydrogen-bond donors (Lipinski definition) is 1. The molecular formula is C29H28N2O4. The van der Waals surface area contributed by atoms with Crippen LogP contribution < -0.4 is 15.0 Å². The maximum Gasteiger partial charge on any atom is 0.258 e. The normalized spacial score (nSPS) is 10.6. The number of carbonyl (C=O) groups is 2. The fraction of sp³-hybridized carbons (Fsp3) is 0.172. The van der Waals surface area contributed by atoms with Gasteiger partial charge < -0.3 is 19.4 Å². The molecule has 0 saturated heterocycles. The smallest absolute Gasteiger partial charge is 0.258 e. The number of furan rings is 1. The molecule has 4 aromatic rings. The van der Waals surface area contributed by atoms with Gasteiger partial charge >= 0.3 is 0 Å². The summed E-state index contributed by atoms with van der Waals surface area (Å²) in [6.45, 7) is 2.76. The third kappa shape index (κ3) is 6.38. The zero-order chi connectivity index (χ0) is 24.6. The van der Waals surface area contributed by atoms with Crippen LogP contribution in [0.3, 0.4) is 0 Å². The number of hydrogen-bond acceptors (Lipinski definition) is 4. The molecule has 1 N–H and O–H groups in total. The van der Waals surface area contributed by atoms with Gasteiger partial charge in [0.2, 0.25) is 5.91 Å². The van der Waals surface area contributed by atoms with E-state index in [-0.39, 0.29) is 18.2 Å². The van der Waals surface area contributed by atoms with E-state index in [1.165, 1.54) is 0 Å². The summed E-state index contributed by atoms with van der Waals surface area (Å²) in [5.41, 5.74) is 4.22. The van der Waals surface area contributed by atoms with Crippen LogP contribution >= 0.6 is 0 Å². The quantitative estimate of drug-likeness (QED) is 0.362. The molecule has 0 fully saturated rings. The number of benzene rings is 3. The van der Waals surface area contributed by atoms with E-state index >= 15 is 0 Å². The van der Waals surface area contributed by atoms with Crippen molar-refractivity contribution >= 4 is 17.5 Å². The Hall–Kier alpha value is -4.32. The third-order valence-electron chi connectivity index (χ3n) is 5.65. The van der Waals surface area contributed by atoms with E-state index in [1.54, 1.807) is 42.5 Å². The Labute approximate surface area is 205 Å². The standard InChI is InChI=1S/C29H28N2O4/c1-21-11-13-22(14-12-21)20-31(29(33)24-7-4-9-26(18-24)34-2)25-8-3-6-23(16-25)17-28(32)30-19-27-10-5-15-35-27/h3-16,18H,17,19-20H2,1-2H3,(H,30,32). The molecule has 6 nitrogen and oxygen atoms in total. The van der Waals surface area contributed by atoms with Crippen LogP contribution in [0.15, 0.2) is 95.6 Å². The van der Waals surface area contributed by atoms with E-state index in [0.717, 1.165) is 22.4 Å². The third-order valence-corrected chi connectivity index (χ3v) is 5.65. The van der Waals surface area contributed by atoms with E-state index in [1.807, 2.05) is 67.6 Å². The molecule has 178 valence electrons. The van der Waals surface area contributed by atoms with Crippen LogP contribution in [0.2, 0.25) is 0 Å². The molecule has 0 aliphatic heterocycles. The zero-order valence-corrected chi connectivity index (χ0v) is 19.9. The fourth-order valence-corrected chi connectivity index (χ4v) is 3.75. The summed E-state index contributed by atoms with van der Waals surface area (Å²) >= 11 is 0. The van der Waals surface area contributed by atoms with Gasteiger partial charge in [-0.3, -0.25) is 9.59 Å². The molecule has 1 heterocycles. The van der Waals surface area contributed by atoms with Crippen molar-refractivity contribution in [3.05, 3.63) is 119 Å².